The molecule has 6 rings (SSSR count). The predicted molar refractivity (Wildman–Crippen MR) is 127 cm³/mol. The summed E-state index contributed by atoms with van der Waals surface area (Å²) in [7, 11) is 1.91. The number of hydrogen-bond acceptors (Lipinski definition) is 3. The number of nitrogens with zero attached hydrogens (tertiary/aromatic N) is 2. The minimum absolute atomic E-state index is 0.0537. The van der Waals surface area contributed by atoms with Gasteiger partial charge in [0.1, 0.15) is 11.9 Å². The molecule has 1 aromatic heterocycles. The van der Waals surface area contributed by atoms with Crippen LogP contribution in [-0.4, -0.2) is 27.9 Å². The van der Waals surface area contributed by atoms with Crippen molar-refractivity contribution >= 4 is 23.4 Å². The van der Waals surface area contributed by atoms with Gasteiger partial charge in [0.05, 0.1) is 0 Å². The van der Waals surface area contributed by atoms with Gasteiger partial charge in [-0.3, -0.25) is 9.59 Å². The van der Waals surface area contributed by atoms with Gasteiger partial charge in [-0.2, -0.15) is 0 Å². The van der Waals surface area contributed by atoms with Crippen molar-refractivity contribution in [1.29, 1.82) is 0 Å². The topological polar surface area (TPSA) is 76.0 Å². The first-order valence-electron chi connectivity index (χ1n) is 12.2. The van der Waals surface area contributed by atoms with Gasteiger partial charge >= 0.3 is 0 Å². The van der Waals surface area contributed by atoms with E-state index in [1.165, 1.54) is 19.3 Å². The highest BCUT2D eigenvalue weighted by Gasteiger charge is 2.54. The summed E-state index contributed by atoms with van der Waals surface area (Å²) in [5, 5.41) is 6.94. The van der Waals surface area contributed by atoms with Crippen LogP contribution in [-0.2, 0) is 16.6 Å². The lowest BCUT2D eigenvalue weighted by Gasteiger charge is -2.55. The summed E-state index contributed by atoms with van der Waals surface area (Å²) in [6.07, 6.45) is 11.8. The van der Waals surface area contributed by atoms with Crippen molar-refractivity contribution in [3.63, 3.8) is 0 Å². The van der Waals surface area contributed by atoms with Crippen molar-refractivity contribution in [3.05, 3.63) is 53.1 Å². The van der Waals surface area contributed by atoms with Crippen molar-refractivity contribution in [2.75, 3.05) is 6.54 Å². The van der Waals surface area contributed by atoms with Crippen LogP contribution in [0.3, 0.4) is 0 Å². The third kappa shape index (κ3) is 4.68. The molecule has 33 heavy (non-hydrogen) atoms. The Morgan fingerprint density at radius 2 is 1.76 bits per heavy atom. The molecule has 6 nitrogen and oxygen atoms in total. The maximum atomic E-state index is 13.1. The Balaban J connectivity index is 1.14. The molecule has 2 amide bonds. The number of nitrogens with one attached hydrogen (secondary N) is 2. The number of halogens is 1. The first-order chi connectivity index (χ1) is 15.9. The van der Waals surface area contributed by atoms with E-state index in [1.807, 2.05) is 42.1 Å². The van der Waals surface area contributed by atoms with E-state index in [9.17, 15) is 9.59 Å². The van der Waals surface area contributed by atoms with Crippen molar-refractivity contribution in [2.45, 2.75) is 57.4 Å². The largest absolute Gasteiger partial charge is 0.356 e. The zero-order chi connectivity index (χ0) is 23.0. The van der Waals surface area contributed by atoms with E-state index < -0.39 is 0 Å². The Labute approximate surface area is 200 Å². The highest BCUT2D eigenvalue weighted by molar-refractivity contribution is 6.30. The molecule has 4 fully saturated rings. The molecule has 0 saturated heterocycles. The van der Waals surface area contributed by atoms with Crippen LogP contribution in [0.4, 0.5) is 0 Å². The lowest BCUT2D eigenvalue weighted by atomic mass is 9.49. The van der Waals surface area contributed by atoms with Crippen molar-refractivity contribution < 1.29 is 9.59 Å². The molecule has 176 valence electrons. The Morgan fingerprint density at radius 1 is 1.12 bits per heavy atom. The Bertz CT molecular complexity index is 980. The van der Waals surface area contributed by atoms with Crippen LogP contribution in [0.25, 0.3) is 0 Å². The number of rotatable bonds is 8. The normalized spacial score (nSPS) is 28.5. The number of imidazole rings is 1. The molecule has 7 heteroatoms. The average molecular weight is 469 g/mol. The van der Waals surface area contributed by atoms with Crippen molar-refractivity contribution in [2.24, 2.45) is 30.2 Å². The monoisotopic (exact) mass is 468 g/mol. The summed E-state index contributed by atoms with van der Waals surface area (Å²) in [6.45, 7) is 0.544. The number of carbonyl (C=O) groups excluding carboxylic acids is 2. The lowest BCUT2D eigenvalue weighted by Crippen LogP contribution is -2.53. The van der Waals surface area contributed by atoms with Crippen LogP contribution in [0.2, 0.25) is 5.02 Å². The molecule has 0 unspecified atom stereocenters. The third-order valence-corrected chi connectivity index (χ3v) is 8.26. The molecule has 4 aliphatic carbocycles. The second kappa shape index (κ2) is 9.13. The molecule has 4 saturated carbocycles. The summed E-state index contributed by atoms with van der Waals surface area (Å²) in [5.41, 5.74) is 0.798. The van der Waals surface area contributed by atoms with Crippen LogP contribution in [0.1, 0.15) is 68.8 Å². The van der Waals surface area contributed by atoms with Crippen molar-refractivity contribution in [1.82, 2.24) is 20.2 Å². The van der Waals surface area contributed by atoms with E-state index in [0.717, 1.165) is 48.4 Å². The van der Waals surface area contributed by atoms with Crippen molar-refractivity contribution in [3.8, 4) is 0 Å². The number of aromatic nitrogens is 2. The summed E-state index contributed by atoms with van der Waals surface area (Å²) in [6, 6.07) is 7.11. The molecule has 4 bridgehead atoms. The fourth-order valence-electron chi connectivity index (χ4n) is 6.87. The molecule has 0 aliphatic heterocycles. The number of carbonyl (C=O) groups is 2. The minimum Gasteiger partial charge on any atom is -0.356 e. The predicted octanol–water partition coefficient (Wildman–Crippen LogP) is 4.39. The molecule has 0 radical (unpaired) electrons. The number of hydrogen-bond donors (Lipinski definition) is 2. The van der Waals surface area contributed by atoms with Crippen LogP contribution < -0.4 is 10.6 Å². The molecule has 1 atom stereocenters. The SMILES string of the molecule is Cn1ccnc1[C@@H](NC(=O)CCCNC(=O)C12CC3CC(CC(C3)C1)C2)c1ccc(Cl)cc1. The van der Waals surface area contributed by atoms with Gasteiger partial charge in [0.2, 0.25) is 11.8 Å². The average Bonchev–Trinajstić information content (AvgIpc) is 3.20. The van der Waals surface area contributed by atoms with E-state index in [-0.39, 0.29) is 23.3 Å². The van der Waals surface area contributed by atoms with Gasteiger partial charge < -0.3 is 15.2 Å². The Hall–Kier alpha value is -2.34. The second-order valence-corrected chi connectivity index (χ2v) is 10.9. The fraction of sp³-hybridized carbons (Fsp3) is 0.577. The maximum Gasteiger partial charge on any atom is 0.226 e. The van der Waals surface area contributed by atoms with Gasteiger partial charge in [-0.25, -0.2) is 4.98 Å². The molecule has 4 aliphatic rings. The first-order valence-corrected chi connectivity index (χ1v) is 12.6. The second-order valence-electron chi connectivity index (χ2n) is 10.5. The molecule has 1 heterocycles. The fourth-order valence-corrected chi connectivity index (χ4v) is 6.99. The summed E-state index contributed by atoms with van der Waals surface area (Å²) >= 11 is 6.04. The van der Waals surface area contributed by atoms with Gasteiger partial charge in [0, 0.05) is 42.8 Å². The van der Waals surface area contributed by atoms with E-state index in [4.69, 9.17) is 11.6 Å². The number of aryl methyl sites for hydroxylation is 1. The summed E-state index contributed by atoms with van der Waals surface area (Å²) < 4.78 is 1.91. The zero-order valence-corrected chi connectivity index (χ0v) is 20.0. The van der Waals surface area contributed by atoms with Gasteiger partial charge in [-0.15, -0.1) is 0 Å². The van der Waals surface area contributed by atoms with Gasteiger partial charge in [0.15, 0.2) is 0 Å². The number of benzene rings is 1. The molecule has 2 N–H and O–H groups in total. The Morgan fingerprint density at radius 3 is 2.33 bits per heavy atom. The zero-order valence-electron chi connectivity index (χ0n) is 19.2. The van der Waals surface area contributed by atoms with Gasteiger partial charge in [-0.1, -0.05) is 23.7 Å². The van der Waals surface area contributed by atoms with E-state index >= 15 is 0 Å². The van der Waals surface area contributed by atoms with Crippen LogP contribution in [0, 0.1) is 23.2 Å². The molecule has 0 spiro atoms. The highest BCUT2D eigenvalue weighted by atomic mass is 35.5. The minimum atomic E-state index is -0.351. The Kier molecular flexibility index (Phi) is 6.21. The quantitative estimate of drug-likeness (QED) is 0.564. The third-order valence-electron chi connectivity index (χ3n) is 8.01. The maximum absolute atomic E-state index is 13.1. The van der Waals surface area contributed by atoms with Gasteiger partial charge in [-0.05, 0) is 80.4 Å². The molecular formula is C26H33ClN4O2. The smallest absolute Gasteiger partial charge is 0.226 e. The van der Waals surface area contributed by atoms with Crippen LogP contribution in [0.5, 0.6) is 0 Å². The summed E-state index contributed by atoms with van der Waals surface area (Å²) in [4.78, 5) is 30.3. The summed E-state index contributed by atoms with van der Waals surface area (Å²) in [5.74, 6) is 3.20. The molecule has 1 aromatic carbocycles. The first kappa shape index (κ1) is 22.5. The van der Waals surface area contributed by atoms with Crippen LogP contribution >= 0.6 is 11.6 Å². The molecular weight excluding hydrogens is 436 g/mol. The highest BCUT2D eigenvalue weighted by Crippen LogP contribution is 2.60. The van der Waals surface area contributed by atoms with Crippen LogP contribution in [0.15, 0.2) is 36.7 Å². The molecule has 2 aromatic rings. The lowest BCUT2D eigenvalue weighted by molar-refractivity contribution is -0.146. The number of amides is 2. The van der Waals surface area contributed by atoms with E-state index in [0.29, 0.717) is 24.4 Å². The van der Waals surface area contributed by atoms with E-state index in [2.05, 4.69) is 15.6 Å². The standard InChI is InChI=1S/C26H33ClN4O2/c1-31-10-9-28-24(31)23(20-4-6-21(27)7-5-20)30-22(32)3-2-8-29-25(33)26-14-17-11-18(15-26)13-19(12-17)16-26/h4-7,9-10,17-19,23H,2-3,8,11-16H2,1H3,(H,29,33)(H,30,32)/t17?,18?,19?,23-,26?/m0/s1. The van der Waals surface area contributed by atoms with E-state index in [1.54, 1.807) is 6.20 Å². The van der Waals surface area contributed by atoms with Gasteiger partial charge in [0.25, 0.3) is 0 Å².